The lowest BCUT2D eigenvalue weighted by atomic mass is 10.1. The number of halogens is 1. The number of rotatable bonds is 1. The van der Waals surface area contributed by atoms with Gasteiger partial charge in [-0.1, -0.05) is 12.1 Å². The maximum atomic E-state index is 12.9. The number of nitrogens with zero attached hydrogens (tertiary/aromatic N) is 2. The Kier molecular flexibility index (Phi) is 2.44. The van der Waals surface area contributed by atoms with Gasteiger partial charge in [-0.3, -0.25) is 4.68 Å². The molecule has 1 aromatic heterocycles. The van der Waals surface area contributed by atoms with Gasteiger partial charge in [-0.2, -0.15) is 5.10 Å². The molecule has 0 saturated carbocycles. The van der Waals surface area contributed by atoms with Crippen LogP contribution in [-0.4, -0.2) is 15.8 Å². The molecule has 0 aliphatic carbocycles. The second-order valence-electron chi connectivity index (χ2n) is 4.48. The monoisotopic (exact) mass is 231 g/mol. The summed E-state index contributed by atoms with van der Waals surface area (Å²) >= 11 is 0. The van der Waals surface area contributed by atoms with E-state index in [4.69, 9.17) is 0 Å². The molecule has 3 rings (SSSR count). The van der Waals surface area contributed by atoms with Gasteiger partial charge >= 0.3 is 0 Å². The maximum absolute atomic E-state index is 12.9. The number of benzene rings is 1. The molecule has 17 heavy (non-hydrogen) atoms. The van der Waals surface area contributed by atoms with Gasteiger partial charge in [0.2, 0.25) is 0 Å². The van der Waals surface area contributed by atoms with E-state index in [1.54, 1.807) is 12.1 Å². The highest BCUT2D eigenvalue weighted by Crippen LogP contribution is 2.25. The van der Waals surface area contributed by atoms with Gasteiger partial charge in [-0.05, 0) is 24.6 Å². The molecule has 1 aliphatic heterocycles. The molecule has 2 aromatic rings. The van der Waals surface area contributed by atoms with Crippen LogP contribution in [0.3, 0.4) is 0 Å². The van der Waals surface area contributed by atoms with Crippen molar-refractivity contribution in [1.82, 2.24) is 15.1 Å². The zero-order chi connectivity index (χ0) is 11.8. The summed E-state index contributed by atoms with van der Waals surface area (Å²) < 4.78 is 14.9. The van der Waals surface area contributed by atoms with Crippen molar-refractivity contribution in [3.05, 3.63) is 42.0 Å². The van der Waals surface area contributed by atoms with Gasteiger partial charge in [0.05, 0.1) is 18.4 Å². The first-order valence-electron chi connectivity index (χ1n) is 5.78. The summed E-state index contributed by atoms with van der Waals surface area (Å²) in [6.45, 7) is 3.84. The van der Waals surface area contributed by atoms with E-state index in [1.807, 2.05) is 10.9 Å². The fourth-order valence-electron chi connectivity index (χ4n) is 2.22. The summed E-state index contributed by atoms with van der Waals surface area (Å²) in [4.78, 5) is 0. The average molecular weight is 231 g/mol. The molecule has 1 atom stereocenters. The van der Waals surface area contributed by atoms with Crippen LogP contribution in [0.2, 0.25) is 0 Å². The molecule has 0 amide bonds. The second kappa shape index (κ2) is 3.96. The molecule has 0 saturated heterocycles. The maximum Gasteiger partial charge on any atom is 0.123 e. The molecule has 3 nitrogen and oxygen atoms in total. The van der Waals surface area contributed by atoms with Crippen LogP contribution in [0.4, 0.5) is 4.39 Å². The van der Waals surface area contributed by atoms with Crippen LogP contribution in [0.1, 0.15) is 12.6 Å². The lowest BCUT2D eigenvalue weighted by molar-refractivity contribution is 0.390. The van der Waals surface area contributed by atoms with E-state index in [0.717, 1.165) is 24.2 Å². The third-order valence-electron chi connectivity index (χ3n) is 3.17. The summed E-state index contributed by atoms with van der Waals surface area (Å²) in [5.74, 6) is -0.207. The van der Waals surface area contributed by atoms with Crippen LogP contribution >= 0.6 is 0 Å². The third kappa shape index (κ3) is 1.85. The molecule has 4 heteroatoms. The Bertz CT molecular complexity index is 530. The molecular weight excluding hydrogens is 217 g/mol. The van der Waals surface area contributed by atoms with Crippen molar-refractivity contribution < 1.29 is 4.39 Å². The van der Waals surface area contributed by atoms with E-state index >= 15 is 0 Å². The average Bonchev–Trinajstić information content (AvgIpc) is 2.73. The van der Waals surface area contributed by atoms with Crippen molar-refractivity contribution >= 4 is 0 Å². The van der Waals surface area contributed by atoms with Crippen LogP contribution in [0.25, 0.3) is 11.1 Å². The van der Waals surface area contributed by atoms with Gasteiger partial charge < -0.3 is 5.32 Å². The minimum absolute atomic E-state index is 0.207. The predicted molar refractivity (Wildman–Crippen MR) is 63.9 cm³/mol. The van der Waals surface area contributed by atoms with Gasteiger partial charge in [0.1, 0.15) is 5.82 Å². The van der Waals surface area contributed by atoms with Gasteiger partial charge in [-0.15, -0.1) is 0 Å². The normalized spacial score (nSPS) is 19.1. The molecule has 2 heterocycles. The summed E-state index contributed by atoms with van der Waals surface area (Å²) in [5, 5.41) is 7.80. The highest BCUT2D eigenvalue weighted by atomic mass is 19.1. The minimum Gasteiger partial charge on any atom is -0.307 e. The Balaban J connectivity index is 2.02. The largest absolute Gasteiger partial charge is 0.307 e. The molecule has 1 aromatic carbocycles. The summed E-state index contributed by atoms with van der Waals surface area (Å²) in [7, 11) is 0. The molecule has 0 spiro atoms. The summed E-state index contributed by atoms with van der Waals surface area (Å²) in [5.41, 5.74) is 3.28. The molecule has 88 valence electrons. The van der Waals surface area contributed by atoms with Gasteiger partial charge in [0, 0.05) is 18.2 Å². The number of nitrogens with one attached hydrogen (secondary N) is 1. The topological polar surface area (TPSA) is 29.9 Å². The van der Waals surface area contributed by atoms with Crippen LogP contribution < -0.4 is 5.32 Å². The van der Waals surface area contributed by atoms with E-state index in [0.29, 0.717) is 6.04 Å². The predicted octanol–water partition coefficient (Wildman–Crippen LogP) is 2.18. The van der Waals surface area contributed by atoms with Crippen molar-refractivity contribution in [2.75, 3.05) is 0 Å². The van der Waals surface area contributed by atoms with E-state index in [1.165, 1.54) is 17.8 Å². The smallest absolute Gasteiger partial charge is 0.123 e. The molecule has 0 fully saturated rings. The first-order valence-corrected chi connectivity index (χ1v) is 5.78. The summed E-state index contributed by atoms with van der Waals surface area (Å²) in [6.07, 6.45) is 1.86. The SMILES string of the molecule is C[C@H]1Cn2ncc(-c3ccc(F)cc3)c2CN1. The third-order valence-corrected chi connectivity index (χ3v) is 3.17. The van der Waals surface area contributed by atoms with Gasteiger partial charge in [0.25, 0.3) is 0 Å². The molecule has 1 N–H and O–H groups in total. The van der Waals surface area contributed by atoms with Crippen LogP contribution in [0, 0.1) is 5.82 Å². The molecule has 0 bridgehead atoms. The number of aromatic nitrogens is 2. The molecule has 1 aliphatic rings. The Hall–Kier alpha value is -1.68. The molecule has 0 unspecified atom stereocenters. The lowest BCUT2D eigenvalue weighted by Crippen LogP contribution is -2.36. The van der Waals surface area contributed by atoms with Crippen LogP contribution in [0.5, 0.6) is 0 Å². The van der Waals surface area contributed by atoms with E-state index in [9.17, 15) is 4.39 Å². The highest BCUT2D eigenvalue weighted by molar-refractivity contribution is 5.65. The number of hydrogen-bond acceptors (Lipinski definition) is 2. The minimum atomic E-state index is -0.207. The van der Waals surface area contributed by atoms with Crippen molar-refractivity contribution in [3.8, 4) is 11.1 Å². The van der Waals surface area contributed by atoms with Crippen LogP contribution in [-0.2, 0) is 13.1 Å². The lowest BCUT2D eigenvalue weighted by Gasteiger charge is -2.22. The van der Waals surface area contributed by atoms with Crippen molar-refractivity contribution in [2.24, 2.45) is 0 Å². The Morgan fingerprint density at radius 1 is 1.35 bits per heavy atom. The Morgan fingerprint density at radius 3 is 2.88 bits per heavy atom. The van der Waals surface area contributed by atoms with E-state index in [-0.39, 0.29) is 5.82 Å². The number of fused-ring (bicyclic) bond motifs is 1. The molecule has 0 radical (unpaired) electrons. The zero-order valence-corrected chi connectivity index (χ0v) is 9.65. The van der Waals surface area contributed by atoms with Gasteiger partial charge in [-0.25, -0.2) is 4.39 Å². The zero-order valence-electron chi connectivity index (χ0n) is 9.65. The number of hydrogen-bond donors (Lipinski definition) is 1. The van der Waals surface area contributed by atoms with Crippen molar-refractivity contribution in [2.45, 2.75) is 26.1 Å². The Labute approximate surface area is 99.3 Å². The van der Waals surface area contributed by atoms with Crippen LogP contribution in [0.15, 0.2) is 30.5 Å². The highest BCUT2D eigenvalue weighted by Gasteiger charge is 2.18. The summed E-state index contributed by atoms with van der Waals surface area (Å²) in [6, 6.07) is 7.01. The standard InChI is InChI=1S/C13H14FN3/c1-9-8-17-13(7-15-9)12(6-16-17)10-2-4-11(14)5-3-10/h2-6,9,15H,7-8H2,1H3/t9-/m0/s1. The molecular formula is C13H14FN3. The second-order valence-corrected chi connectivity index (χ2v) is 4.48. The first kappa shape index (κ1) is 10.5. The Morgan fingerprint density at radius 2 is 2.12 bits per heavy atom. The first-order chi connectivity index (χ1) is 8.24. The van der Waals surface area contributed by atoms with E-state index < -0.39 is 0 Å². The quantitative estimate of drug-likeness (QED) is 0.815. The van der Waals surface area contributed by atoms with Crippen molar-refractivity contribution in [3.63, 3.8) is 0 Å². The van der Waals surface area contributed by atoms with E-state index in [2.05, 4.69) is 17.3 Å². The fourth-order valence-corrected chi connectivity index (χ4v) is 2.22. The van der Waals surface area contributed by atoms with Gasteiger partial charge in [0.15, 0.2) is 0 Å². The fraction of sp³-hybridized carbons (Fsp3) is 0.308. The van der Waals surface area contributed by atoms with Crippen molar-refractivity contribution in [1.29, 1.82) is 0 Å².